The van der Waals surface area contributed by atoms with Gasteiger partial charge in [-0.1, -0.05) is 25.5 Å². The summed E-state index contributed by atoms with van der Waals surface area (Å²) in [5, 5.41) is 30.8. The van der Waals surface area contributed by atoms with Crippen LogP contribution in [0.3, 0.4) is 0 Å². The molecular weight excluding hydrogens is 361 g/mol. The van der Waals surface area contributed by atoms with Crippen molar-refractivity contribution in [3.05, 3.63) is 22.8 Å². The van der Waals surface area contributed by atoms with Crippen molar-refractivity contribution in [2.45, 2.75) is 77.7 Å². The van der Waals surface area contributed by atoms with E-state index in [-0.39, 0.29) is 52.9 Å². The first-order valence-corrected chi connectivity index (χ1v) is 10.5. The number of carboxylic acids is 1. The Balaban J connectivity index is 0.00000225. The first kappa shape index (κ1) is 22.1. The van der Waals surface area contributed by atoms with Crippen molar-refractivity contribution in [3.63, 3.8) is 0 Å². The summed E-state index contributed by atoms with van der Waals surface area (Å²) in [5.74, 6) is 0.623. The number of aliphatic carboxylic acids is 1. The van der Waals surface area contributed by atoms with E-state index in [2.05, 4.69) is 26.0 Å². The summed E-state index contributed by atoms with van der Waals surface area (Å²) in [6.45, 7) is 4.68. The van der Waals surface area contributed by atoms with Gasteiger partial charge in [0.2, 0.25) is 0 Å². The van der Waals surface area contributed by atoms with Crippen LogP contribution in [0.4, 0.5) is 0 Å². The van der Waals surface area contributed by atoms with Gasteiger partial charge in [-0.25, -0.2) is 0 Å². The van der Waals surface area contributed by atoms with Gasteiger partial charge in [-0.3, -0.25) is 0 Å². The molecule has 5 heteroatoms. The van der Waals surface area contributed by atoms with Crippen molar-refractivity contribution in [1.82, 2.24) is 0 Å². The number of aliphatic hydroxyl groups is 1. The maximum absolute atomic E-state index is 11.1. The van der Waals surface area contributed by atoms with Crippen LogP contribution in [0.1, 0.15) is 71.6 Å². The van der Waals surface area contributed by atoms with E-state index in [1.165, 1.54) is 5.57 Å². The van der Waals surface area contributed by atoms with Gasteiger partial charge in [-0.05, 0) is 85.5 Å². The van der Waals surface area contributed by atoms with Crippen molar-refractivity contribution in [2.24, 2.45) is 28.6 Å². The summed E-state index contributed by atoms with van der Waals surface area (Å²) in [5.41, 5.74) is 3.17. The number of rotatable bonds is 2. The van der Waals surface area contributed by atoms with Gasteiger partial charge in [0.25, 0.3) is 0 Å². The van der Waals surface area contributed by atoms with Gasteiger partial charge in [-0.2, -0.15) is 5.26 Å². The molecule has 0 aromatic rings. The second kappa shape index (κ2) is 7.91. The fourth-order valence-corrected chi connectivity index (χ4v) is 7.31. The molecule has 0 amide bonds. The first-order chi connectivity index (χ1) is 12.8. The zero-order valence-electron chi connectivity index (χ0n) is 17.5. The molecule has 0 heterocycles. The van der Waals surface area contributed by atoms with E-state index in [9.17, 15) is 20.3 Å². The van der Waals surface area contributed by atoms with Gasteiger partial charge in [0, 0.05) is 18.0 Å². The van der Waals surface area contributed by atoms with Gasteiger partial charge in [0.15, 0.2) is 0 Å². The van der Waals surface area contributed by atoms with Crippen LogP contribution in [-0.4, -0.2) is 17.2 Å². The second-order valence-electron chi connectivity index (χ2n) is 9.77. The van der Waals surface area contributed by atoms with Crippen LogP contribution in [0, 0.1) is 39.9 Å². The predicted molar refractivity (Wildman–Crippen MR) is 100.0 cm³/mol. The smallest absolute Gasteiger partial charge is 0.550 e. The monoisotopic (exact) mass is 391 g/mol. The molecule has 0 radical (unpaired) electrons. The van der Waals surface area contributed by atoms with E-state index < -0.39 is 5.97 Å². The molecule has 4 rings (SSSR count). The van der Waals surface area contributed by atoms with E-state index in [0.29, 0.717) is 23.3 Å². The topological polar surface area (TPSA) is 84.1 Å². The standard InChI is InChI=1S/C23H31NO3.Na/c1-22-9-7-16(25)12-15(22)3-4-17-19-6-5-18(14(13-24)11-21(26)27)23(19,2)10-8-20(17)22;/h3,16-17,19-20,25H,4-12H2,1-2H3,(H,26,27);/q;+1/p-1/t16-,17-,19-,20-,22-,23+;/m0./s1. The molecule has 0 aromatic carbocycles. The molecule has 4 nitrogen and oxygen atoms in total. The number of allylic oxidation sites excluding steroid dienone is 2. The molecule has 4 aliphatic carbocycles. The molecule has 0 spiro atoms. The number of nitrogens with zero attached hydrogens (tertiary/aromatic N) is 1. The molecule has 0 saturated heterocycles. The number of hydrogen-bond donors (Lipinski definition) is 1. The van der Waals surface area contributed by atoms with E-state index >= 15 is 0 Å². The van der Waals surface area contributed by atoms with Crippen molar-refractivity contribution < 1.29 is 44.6 Å². The molecule has 6 atom stereocenters. The molecule has 1 N–H and O–H groups in total. The minimum absolute atomic E-state index is 0. The Morgan fingerprint density at radius 3 is 2.61 bits per heavy atom. The molecule has 0 unspecified atom stereocenters. The quantitative estimate of drug-likeness (QED) is 0.416. The zero-order valence-corrected chi connectivity index (χ0v) is 19.5. The normalized spacial score (nSPS) is 43.4. The van der Waals surface area contributed by atoms with Crippen molar-refractivity contribution in [2.75, 3.05) is 0 Å². The van der Waals surface area contributed by atoms with E-state index in [4.69, 9.17) is 0 Å². The van der Waals surface area contributed by atoms with Crippen molar-refractivity contribution in [3.8, 4) is 6.07 Å². The summed E-state index contributed by atoms with van der Waals surface area (Å²) in [4.78, 5) is 11.1. The molecule has 0 bridgehead atoms. The van der Waals surface area contributed by atoms with Gasteiger partial charge >= 0.3 is 29.6 Å². The largest absolute Gasteiger partial charge is 1.00 e. The molecular formula is C23H30NNaO3. The number of aliphatic hydroxyl groups excluding tert-OH is 1. The number of carbonyl (C=O) groups excluding carboxylic acids is 1. The average molecular weight is 391 g/mol. The Bertz CT molecular complexity index is 766. The molecule has 28 heavy (non-hydrogen) atoms. The van der Waals surface area contributed by atoms with Gasteiger partial charge in [0.1, 0.15) is 0 Å². The predicted octanol–water partition coefficient (Wildman–Crippen LogP) is 0.274. The maximum Gasteiger partial charge on any atom is 1.00 e. The fourth-order valence-electron chi connectivity index (χ4n) is 7.31. The number of carbonyl (C=O) groups is 1. The van der Waals surface area contributed by atoms with E-state index in [1.807, 2.05) is 0 Å². The summed E-state index contributed by atoms with van der Waals surface area (Å²) < 4.78 is 0. The van der Waals surface area contributed by atoms with Crippen LogP contribution >= 0.6 is 0 Å². The van der Waals surface area contributed by atoms with Gasteiger partial charge < -0.3 is 15.0 Å². The molecule has 0 aliphatic heterocycles. The zero-order chi connectivity index (χ0) is 19.4. The maximum atomic E-state index is 11.1. The van der Waals surface area contributed by atoms with Crippen LogP contribution in [0.15, 0.2) is 22.8 Å². The summed E-state index contributed by atoms with van der Waals surface area (Å²) >= 11 is 0. The van der Waals surface area contributed by atoms with Crippen LogP contribution in [-0.2, 0) is 4.79 Å². The Hall–Kier alpha value is -0.600. The van der Waals surface area contributed by atoms with Crippen LogP contribution in [0.2, 0.25) is 0 Å². The fraction of sp³-hybridized carbons (Fsp3) is 0.739. The third-order valence-corrected chi connectivity index (χ3v) is 8.68. The van der Waals surface area contributed by atoms with Crippen molar-refractivity contribution >= 4 is 5.97 Å². The summed E-state index contributed by atoms with van der Waals surface area (Å²) in [6.07, 6.45) is 9.93. The number of nitriles is 1. The van der Waals surface area contributed by atoms with Gasteiger partial charge in [-0.15, -0.1) is 0 Å². The third-order valence-electron chi connectivity index (χ3n) is 8.68. The molecule has 146 valence electrons. The molecule has 0 aromatic heterocycles. The summed E-state index contributed by atoms with van der Waals surface area (Å²) in [6, 6.07) is 2.18. The molecule has 3 fully saturated rings. The van der Waals surface area contributed by atoms with Crippen LogP contribution in [0.5, 0.6) is 0 Å². The van der Waals surface area contributed by atoms with Crippen LogP contribution < -0.4 is 34.7 Å². The summed E-state index contributed by atoms with van der Waals surface area (Å²) in [7, 11) is 0. The van der Waals surface area contributed by atoms with E-state index in [1.54, 1.807) is 0 Å². The Morgan fingerprint density at radius 2 is 1.93 bits per heavy atom. The SMILES string of the molecule is C[C@]12CC[C@H](O)CC1=CC[C@@H]1[C@@H]2CC[C@]2(C)C(=C(C#N)CC(=O)[O-])CC[C@@H]12.[Na+]. The second-order valence-corrected chi connectivity index (χ2v) is 9.77. The average Bonchev–Trinajstić information content (AvgIpc) is 2.97. The Morgan fingerprint density at radius 1 is 1.25 bits per heavy atom. The Kier molecular flexibility index (Phi) is 6.24. The minimum Gasteiger partial charge on any atom is -0.550 e. The van der Waals surface area contributed by atoms with E-state index in [0.717, 1.165) is 56.9 Å². The number of carboxylic acid groups (broad SMARTS) is 1. The third kappa shape index (κ3) is 3.33. The number of hydrogen-bond acceptors (Lipinski definition) is 4. The minimum atomic E-state index is -1.15. The Labute approximate surface area is 190 Å². The van der Waals surface area contributed by atoms with Gasteiger partial charge in [0.05, 0.1) is 12.2 Å². The number of fused-ring (bicyclic) bond motifs is 5. The van der Waals surface area contributed by atoms with Crippen molar-refractivity contribution in [1.29, 1.82) is 5.26 Å². The first-order valence-electron chi connectivity index (χ1n) is 10.5. The molecule has 3 saturated carbocycles. The molecule has 4 aliphatic rings. The van der Waals surface area contributed by atoms with Crippen LogP contribution in [0.25, 0.3) is 0 Å².